The van der Waals surface area contributed by atoms with Crippen molar-refractivity contribution in [1.29, 1.82) is 0 Å². The van der Waals surface area contributed by atoms with E-state index in [0.29, 0.717) is 35.0 Å². The highest BCUT2D eigenvalue weighted by Crippen LogP contribution is 2.44. The van der Waals surface area contributed by atoms with Crippen LogP contribution in [0.4, 0.5) is 25.1 Å². The Morgan fingerprint density at radius 1 is 1.19 bits per heavy atom. The zero-order valence-corrected chi connectivity index (χ0v) is 15.9. The Bertz CT molecular complexity index is 1170. The molecule has 3 N–H and O–H groups in total. The third kappa shape index (κ3) is 3.51. The smallest absolute Gasteiger partial charge is 0.469 e. The number of anilines is 2. The molecule has 5 rings (SSSR count). The van der Waals surface area contributed by atoms with Crippen molar-refractivity contribution in [2.45, 2.75) is 31.2 Å². The van der Waals surface area contributed by atoms with E-state index in [9.17, 15) is 18.0 Å². The number of Topliss-reactive ketones (excluding diaryl/α,β-unsaturated/α-hetero) is 1. The highest BCUT2D eigenvalue weighted by molar-refractivity contribution is 6.00. The van der Waals surface area contributed by atoms with E-state index in [-0.39, 0.29) is 29.8 Å². The van der Waals surface area contributed by atoms with Gasteiger partial charge in [0.05, 0.1) is 6.26 Å². The zero-order valence-electron chi connectivity index (χ0n) is 15.9. The molecule has 2 aromatic heterocycles. The number of nitrogens with one attached hydrogen (secondary N) is 1. The van der Waals surface area contributed by atoms with Crippen molar-refractivity contribution in [2.75, 3.05) is 11.1 Å². The first-order valence-corrected chi connectivity index (χ1v) is 9.43. The molecular formula is C20H16F3N5O3. The lowest BCUT2D eigenvalue weighted by Crippen LogP contribution is -2.33. The van der Waals surface area contributed by atoms with Gasteiger partial charge in [-0.25, -0.2) is 4.68 Å². The Labute approximate surface area is 173 Å². The topological polar surface area (TPSA) is 108 Å². The summed E-state index contributed by atoms with van der Waals surface area (Å²) in [6.45, 7) is 0. The SMILES string of the molecule is Nc1nc2n(n1)[C@H](c1ccc(OC(F)(F)F)cc1)C1=C(C[C@@H](c3ccco3)CC1=O)N2. The lowest BCUT2D eigenvalue weighted by Gasteiger charge is -2.34. The summed E-state index contributed by atoms with van der Waals surface area (Å²) in [5, 5.41) is 7.33. The van der Waals surface area contributed by atoms with Gasteiger partial charge in [0, 0.05) is 23.6 Å². The second-order valence-electron chi connectivity index (χ2n) is 7.32. The standard InChI is InChI=1S/C20H16F3N5O3/c21-20(22,23)31-12-5-3-10(4-6-12)17-16-13(25-19-26-18(24)27-28(17)19)8-11(9-14(16)29)15-2-1-7-30-15/h1-7,11,17H,8-9H2,(H3,24,25,26,27)/t11-,17-/m1/s1. The maximum absolute atomic E-state index is 13.2. The van der Waals surface area contributed by atoms with Crippen LogP contribution in [0.3, 0.4) is 0 Å². The quantitative estimate of drug-likeness (QED) is 0.650. The van der Waals surface area contributed by atoms with Gasteiger partial charge in [-0.2, -0.15) is 4.98 Å². The van der Waals surface area contributed by atoms with E-state index in [2.05, 4.69) is 20.1 Å². The number of fused-ring (bicyclic) bond motifs is 1. The average molecular weight is 431 g/mol. The Balaban J connectivity index is 1.55. The van der Waals surface area contributed by atoms with Crippen LogP contribution in [-0.2, 0) is 4.79 Å². The number of rotatable bonds is 3. The monoisotopic (exact) mass is 431 g/mol. The van der Waals surface area contributed by atoms with E-state index in [1.807, 2.05) is 6.07 Å². The lowest BCUT2D eigenvalue weighted by atomic mass is 9.79. The number of furan rings is 1. The van der Waals surface area contributed by atoms with Gasteiger partial charge in [0.25, 0.3) is 0 Å². The number of aromatic nitrogens is 3. The Morgan fingerprint density at radius 2 is 1.97 bits per heavy atom. The Hall–Kier alpha value is -3.76. The molecule has 0 bridgehead atoms. The summed E-state index contributed by atoms with van der Waals surface area (Å²) in [7, 11) is 0. The number of nitrogens with two attached hydrogens (primary N) is 1. The molecule has 0 unspecified atom stereocenters. The van der Waals surface area contributed by atoms with Crippen molar-refractivity contribution in [3.63, 3.8) is 0 Å². The number of carbonyl (C=O) groups is 1. The molecule has 160 valence electrons. The summed E-state index contributed by atoms with van der Waals surface area (Å²) < 4.78 is 48.4. The number of ketones is 1. The maximum atomic E-state index is 13.2. The molecule has 1 aliphatic carbocycles. The number of halogens is 3. The van der Waals surface area contributed by atoms with Crippen LogP contribution in [0.1, 0.15) is 36.1 Å². The van der Waals surface area contributed by atoms with Crippen LogP contribution >= 0.6 is 0 Å². The Kier molecular flexibility index (Phi) is 4.27. The third-order valence-corrected chi connectivity index (χ3v) is 5.31. The fourth-order valence-corrected chi connectivity index (χ4v) is 4.11. The summed E-state index contributed by atoms with van der Waals surface area (Å²) in [6, 6.07) is 8.24. The van der Waals surface area contributed by atoms with Crippen molar-refractivity contribution in [3.05, 3.63) is 65.3 Å². The second-order valence-corrected chi connectivity index (χ2v) is 7.32. The minimum absolute atomic E-state index is 0.0133. The van der Waals surface area contributed by atoms with Crippen LogP contribution in [0.25, 0.3) is 0 Å². The van der Waals surface area contributed by atoms with Crippen LogP contribution in [0.2, 0.25) is 0 Å². The molecule has 2 atom stereocenters. The lowest BCUT2D eigenvalue weighted by molar-refractivity contribution is -0.274. The molecule has 3 aromatic rings. The van der Waals surface area contributed by atoms with Crippen LogP contribution in [-0.4, -0.2) is 26.9 Å². The highest BCUT2D eigenvalue weighted by atomic mass is 19.4. The minimum atomic E-state index is -4.79. The van der Waals surface area contributed by atoms with E-state index in [1.54, 1.807) is 12.3 Å². The van der Waals surface area contributed by atoms with Crippen LogP contribution in [0, 0.1) is 0 Å². The number of hydrogen-bond acceptors (Lipinski definition) is 7. The van der Waals surface area contributed by atoms with Gasteiger partial charge >= 0.3 is 6.36 Å². The number of benzene rings is 1. The maximum Gasteiger partial charge on any atom is 0.573 e. The second kappa shape index (κ2) is 6.89. The zero-order chi connectivity index (χ0) is 21.8. The van der Waals surface area contributed by atoms with Gasteiger partial charge in [-0.3, -0.25) is 4.79 Å². The first-order chi connectivity index (χ1) is 14.8. The van der Waals surface area contributed by atoms with Gasteiger partial charge in [0.1, 0.15) is 17.6 Å². The molecule has 1 aromatic carbocycles. The normalized spacial score (nSPS) is 20.8. The number of alkyl halides is 3. The molecule has 0 amide bonds. The molecule has 2 aliphatic rings. The molecular weight excluding hydrogens is 415 g/mol. The highest BCUT2D eigenvalue weighted by Gasteiger charge is 2.40. The van der Waals surface area contributed by atoms with Gasteiger partial charge in [0.2, 0.25) is 11.9 Å². The molecule has 31 heavy (non-hydrogen) atoms. The van der Waals surface area contributed by atoms with E-state index < -0.39 is 12.4 Å². The predicted octanol–water partition coefficient (Wildman–Crippen LogP) is 3.77. The van der Waals surface area contributed by atoms with Gasteiger partial charge in [0.15, 0.2) is 5.78 Å². The number of carbonyl (C=O) groups excluding carboxylic acids is 1. The molecule has 11 heteroatoms. The number of allylic oxidation sites excluding steroid dienone is 2. The molecule has 0 spiro atoms. The molecule has 0 saturated heterocycles. The predicted molar refractivity (Wildman–Crippen MR) is 102 cm³/mol. The molecule has 3 heterocycles. The summed E-state index contributed by atoms with van der Waals surface area (Å²) in [6.07, 6.45) is -2.49. The summed E-state index contributed by atoms with van der Waals surface area (Å²) in [5.74, 6) is 0.465. The molecule has 0 saturated carbocycles. The van der Waals surface area contributed by atoms with E-state index in [1.165, 1.54) is 28.9 Å². The largest absolute Gasteiger partial charge is 0.573 e. The first kappa shape index (κ1) is 19.2. The van der Waals surface area contributed by atoms with E-state index in [4.69, 9.17) is 10.2 Å². The fourth-order valence-electron chi connectivity index (χ4n) is 4.11. The summed E-state index contributed by atoms with van der Waals surface area (Å²) in [4.78, 5) is 17.4. The van der Waals surface area contributed by atoms with Gasteiger partial charge in [-0.1, -0.05) is 12.1 Å². The van der Waals surface area contributed by atoms with Crippen LogP contribution in [0.15, 0.2) is 58.3 Å². The third-order valence-electron chi connectivity index (χ3n) is 5.31. The van der Waals surface area contributed by atoms with Gasteiger partial charge in [-0.05, 0) is 36.2 Å². The average Bonchev–Trinajstić information content (AvgIpc) is 3.34. The van der Waals surface area contributed by atoms with Gasteiger partial charge in [-0.15, -0.1) is 18.3 Å². The van der Waals surface area contributed by atoms with Crippen molar-refractivity contribution >= 4 is 17.7 Å². The van der Waals surface area contributed by atoms with Crippen molar-refractivity contribution in [3.8, 4) is 5.75 Å². The molecule has 0 radical (unpaired) electrons. The number of ether oxygens (including phenoxy) is 1. The molecule has 8 nitrogen and oxygen atoms in total. The number of nitrogen functional groups attached to an aromatic ring is 1. The number of nitrogens with zero attached hydrogens (tertiary/aromatic N) is 3. The van der Waals surface area contributed by atoms with Crippen molar-refractivity contribution < 1.29 is 27.1 Å². The summed E-state index contributed by atoms with van der Waals surface area (Å²) >= 11 is 0. The van der Waals surface area contributed by atoms with Crippen molar-refractivity contribution in [1.82, 2.24) is 14.8 Å². The Morgan fingerprint density at radius 3 is 2.65 bits per heavy atom. The minimum Gasteiger partial charge on any atom is -0.469 e. The van der Waals surface area contributed by atoms with Crippen LogP contribution in [0.5, 0.6) is 5.75 Å². The van der Waals surface area contributed by atoms with Crippen LogP contribution < -0.4 is 15.8 Å². The van der Waals surface area contributed by atoms with Gasteiger partial charge < -0.3 is 20.2 Å². The molecule has 1 aliphatic heterocycles. The van der Waals surface area contributed by atoms with E-state index in [0.717, 1.165) is 0 Å². The molecule has 0 fully saturated rings. The first-order valence-electron chi connectivity index (χ1n) is 9.43. The van der Waals surface area contributed by atoms with Crippen molar-refractivity contribution in [2.24, 2.45) is 0 Å². The van der Waals surface area contributed by atoms with E-state index >= 15 is 0 Å². The summed E-state index contributed by atoms with van der Waals surface area (Å²) in [5.41, 5.74) is 7.47. The fraction of sp³-hybridized carbons (Fsp3) is 0.250. The number of hydrogen-bond donors (Lipinski definition) is 2.